The Kier molecular flexibility index (Phi) is 11.9. The van der Waals surface area contributed by atoms with Crippen LogP contribution in [0.5, 0.6) is 0 Å². The topological polar surface area (TPSA) is 157 Å². The molecule has 8 atom stereocenters. The number of anilines is 2. The van der Waals surface area contributed by atoms with Crippen molar-refractivity contribution in [2.24, 2.45) is 29.4 Å². The van der Waals surface area contributed by atoms with Crippen molar-refractivity contribution in [1.29, 1.82) is 0 Å². The third kappa shape index (κ3) is 9.89. The number of rotatable bonds is 5. The second kappa shape index (κ2) is 16.8. The number of fused-ring (bicyclic) bond motifs is 6. The summed E-state index contributed by atoms with van der Waals surface area (Å²) in [5.74, 6) is 1.48. The van der Waals surface area contributed by atoms with Crippen LogP contribution in [0.2, 0.25) is 0 Å². The Hall–Kier alpha value is -5.47. The molecule has 12 nitrogen and oxygen atoms in total. The van der Waals surface area contributed by atoms with Crippen molar-refractivity contribution >= 4 is 46.3 Å². The van der Waals surface area contributed by atoms with E-state index in [9.17, 15) is 28.0 Å². The second-order valence-electron chi connectivity index (χ2n) is 20.6. The van der Waals surface area contributed by atoms with Crippen molar-refractivity contribution in [2.75, 3.05) is 22.9 Å². The maximum Gasteiger partial charge on any atom is 0.414 e. The highest BCUT2D eigenvalue weighted by atomic mass is 35.5. The number of aromatic nitrogens is 2. The number of ether oxygens (including phenoxy) is 2. The summed E-state index contributed by atoms with van der Waals surface area (Å²) < 4.78 is 36.6. The van der Waals surface area contributed by atoms with Gasteiger partial charge >= 0.3 is 12.2 Å². The highest BCUT2D eigenvalue weighted by molar-refractivity contribution is 6.67. The molecule has 4 aliphatic carbocycles. The molecular formula is C50H57ClF2N6O6. The fourth-order valence-corrected chi connectivity index (χ4v) is 9.07. The van der Waals surface area contributed by atoms with Crippen LogP contribution in [0.15, 0.2) is 72.8 Å². The van der Waals surface area contributed by atoms with E-state index in [0.29, 0.717) is 47.3 Å². The number of carbonyl (C=O) groups excluding carboxylic acids is 4. The summed E-state index contributed by atoms with van der Waals surface area (Å²) in [4.78, 5) is 61.9. The summed E-state index contributed by atoms with van der Waals surface area (Å²) in [5.41, 5.74) is 10.7. The predicted molar refractivity (Wildman–Crippen MR) is 243 cm³/mol. The lowest BCUT2D eigenvalue weighted by Crippen LogP contribution is -2.41. The molecule has 65 heavy (non-hydrogen) atoms. The van der Waals surface area contributed by atoms with Gasteiger partial charge in [0.1, 0.15) is 22.8 Å². The zero-order valence-electron chi connectivity index (χ0n) is 38.1. The predicted octanol–water partition coefficient (Wildman–Crippen LogP) is 10.1. The van der Waals surface area contributed by atoms with E-state index in [-0.39, 0.29) is 41.2 Å². The van der Waals surface area contributed by atoms with E-state index in [1.807, 2.05) is 65.8 Å². The summed E-state index contributed by atoms with van der Waals surface area (Å²) in [6.45, 7) is 16.9. The highest BCUT2D eigenvalue weighted by Crippen LogP contribution is 2.58. The molecule has 4 saturated carbocycles. The molecule has 6 aliphatic rings. The number of amides is 3. The van der Waals surface area contributed by atoms with Gasteiger partial charge in [-0.3, -0.25) is 29.4 Å². The van der Waals surface area contributed by atoms with Crippen LogP contribution >= 0.6 is 11.6 Å². The molecule has 4 heterocycles. The molecular weight excluding hydrogens is 854 g/mol. The standard InChI is InChI=1S/C25H28FN3O3.C18H25N3O2.C7H4ClFO/c1-14-12-25(14,28-22(30)15-5-7-17(26)8-6-15)20-10-9-19-21(27-20)18-11-16(18)13-29(19)23(31)32-24(2,3)4;1-10-8-18(10,19)14-6-5-13-15(20-14)12-7-11(12)9-21(13)16(22)23-17(2,3)4;8-7(10)5-1-3-6(9)4-2-5/h5-10,14,16,18H,11-13H2,1-4H3,(H,28,30);5-6,10-12H,7-9,19H2,1-4H3;1-4H. The Morgan fingerprint density at radius 2 is 1.09 bits per heavy atom. The fourth-order valence-electron chi connectivity index (χ4n) is 8.94. The van der Waals surface area contributed by atoms with Gasteiger partial charge in [0.25, 0.3) is 11.1 Å². The van der Waals surface area contributed by atoms with Gasteiger partial charge in [-0.1, -0.05) is 13.8 Å². The largest absolute Gasteiger partial charge is 0.443 e. The van der Waals surface area contributed by atoms with Crippen molar-refractivity contribution in [3.05, 3.63) is 118 Å². The Bertz CT molecular complexity index is 2530. The molecule has 4 fully saturated rings. The highest BCUT2D eigenvalue weighted by Gasteiger charge is 2.57. The van der Waals surface area contributed by atoms with E-state index in [0.717, 1.165) is 66.4 Å². The van der Waals surface area contributed by atoms with E-state index in [1.165, 1.54) is 48.5 Å². The van der Waals surface area contributed by atoms with Crippen LogP contribution in [0, 0.1) is 35.3 Å². The molecule has 10 rings (SSSR count). The molecule has 0 saturated heterocycles. The maximum atomic E-state index is 13.2. The average molecular weight is 911 g/mol. The third-order valence-corrected chi connectivity index (χ3v) is 13.3. The van der Waals surface area contributed by atoms with Gasteiger partial charge in [0.05, 0.1) is 45.2 Å². The second-order valence-corrected chi connectivity index (χ2v) is 20.9. The Morgan fingerprint density at radius 1 is 0.677 bits per heavy atom. The zero-order valence-corrected chi connectivity index (χ0v) is 38.8. The van der Waals surface area contributed by atoms with Gasteiger partial charge < -0.3 is 20.5 Å². The number of nitrogens with two attached hydrogens (primary N) is 1. The number of pyridine rings is 2. The minimum atomic E-state index is -0.569. The Balaban J connectivity index is 0.000000151. The third-order valence-electron chi connectivity index (χ3n) is 13.1. The summed E-state index contributed by atoms with van der Waals surface area (Å²) >= 11 is 5.09. The first-order valence-corrected chi connectivity index (χ1v) is 22.7. The van der Waals surface area contributed by atoms with Crippen LogP contribution in [0.1, 0.15) is 136 Å². The number of halogens is 3. The van der Waals surface area contributed by atoms with Crippen molar-refractivity contribution < 1.29 is 37.4 Å². The van der Waals surface area contributed by atoms with Crippen LogP contribution in [-0.4, -0.2) is 57.6 Å². The Labute approximate surface area is 383 Å². The van der Waals surface area contributed by atoms with Crippen LogP contribution in [0.25, 0.3) is 0 Å². The molecule has 2 aromatic heterocycles. The number of hydrogen-bond donors (Lipinski definition) is 2. The minimum Gasteiger partial charge on any atom is -0.443 e. The molecule has 4 aromatic rings. The number of benzene rings is 2. The zero-order chi connectivity index (χ0) is 47.0. The number of carbonyl (C=O) groups is 4. The van der Waals surface area contributed by atoms with Crippen molar-refractivity contribution in [1.82, 2.24) is 15.3 Å². The molecule has 0 radical (unpaired) electrons. The lowest BCUT2D eigenvalue weighted by molar-refractivity contribution is 0.0565. The first-order valence-electron chi connectivity index (χ1n) is 22.3. The molecule has 8 unspecified atom stereocenters. The molecule has 15 heteroatoms. The molecule has 3 amide bonds. The number of hydrogen-bond acceptors (Lipinski definition) is 9. The van der Waals surface area contributed by atoms with Crippen LogP contribution in [-0.2, 0) is 20.6 Å². The van der Waals surface area contributed by atoms with Crippen LogP contribution in [0.4, 0.5) is 29.7 Å². The van der Waals surface area contributed by atoms with Gasteiger partial charge in [-0.2, -0.15) is 0 Å². The van der Waals surface area contributed by atoms with Gasteiger partial charge in [-0.15, -0.1) is 0 Å². The van der Waals surface area contributed by atoms with Gasteiger partial charge in [-0.25, -0.2) is 18.4 Å². The van der Waals surface area contributed by atoms with E-state index >= 15 is 0 Å². The molecule has 0 bridgehead atoms. The normalized spacial score (nSPS) is 27.3. The SMILES string of the molecule is CC1CC1(N)c1ccc2c(n1)C1CC1CN2C(=O)OC(C)(C)C.CC1CC1(NC(=O)c1ccc(F)cc1)c1ccc2c(n1)C1CC1CN2C(=O)OC(C)(C)C.O=C(Cl)c1ccc(F)cc1. The van der Waals surface area contributed by atoms with Crippen molar-refractivity contribution in [3.8, 4) is 0 Å². The average Bonchev–Trinajstić information content (AvgIpc) is 4.10. The van der Waals surface area contributed by atoms with Crippen molar-refractivity contribution in [3.63, 3.8) is 0 Å². The summed E-state index contributed by atoms with van der Waals surface area (Å²) in [5, 5.41) is 2.57. The first-order chi connectivity index (χ1) is 30.5. The van der Waals surface area contributed by atoms with Crippen LogP contribution in [0.3, 0.4) is 0 Å². The first kappa shape index (κ1) is 46.1. The lowest BCUT2D eigenvalue weighted by Gasteiger charge is -2.31. The molecule has 2 aliphatic heterocycles. The number of nitrogens with one attached hydrogen (secondary N) is 1. The molecule has 2 aromatic carbocycles. The quantitative estimate of drug-likeness (QED) is 0.186. The summed E-state index contributed by atoms with van der Waals surface area (Å²) in [6, 6.07) is 18.4. The maximum absolute atomic E-state index is 13.2. The number of nitrogens with zero attached hydrogens (tertiary/aromatic N) is 4. The lowest BCUT2D eigenvalue weighted by atomic mass is 10.0. The molecule has 3 N–H and O–H groups in total. The van der Waals surface area contributed by atoms with E-state index in [2.05, 4.69) is 19.2 Å². The fraction of sp³-hybridized carbons (Fsp3) is 0.480. The van der Waals surface area contributed by atoms with E-state index < -0.39 is 22.0 Å². The van der Waals surface area contributed by atoms with Crippen molar-refractivity contribution in [2.45, 2.75) is 115 Å². The monoisotopic (exact) mass is 910 g/mol. The van der Waals surface area contributed by atoms with Crippen LogP contribution < -0.4 is 20.9 Å². The summed E-state index contributed by atoms with van der Waals surface area (Å²) in [7, 11) is 0. The van der Waals surface area contributed by atoms with Gasteiger partial charge in [-0.05, 0) is 175 Å². The molecule has 344 valence electrons. The molecule has 0 spiro atoms. The Morgan fingerprint density at radius 3 is 1.49 bits per heavy atom. The van der Waals surface area contributed by atoms with E-state index in [4.69, 9.17) is 36.8 Å². The van der Waals surface area contributed by atoms with Gasteiger partial charge in [0, 0.05) is 36.1 Å². The minimum absolute atomic E-state index is 0.234. The van der Waals surface area contributed by atoms with E-state index in [1.54, 1.807) is 9.80 Å². The summed E-state index contributed by atoms with van der Waals surface area (Å²) in [6.07, 6.45) is 3.26. The van der Waals surface area contributed by atoms with Gasteiger partial charge in [0.15, 0.2) is 0 Å². The smallest absolute Gasteiger partial charge is 0.414 e. The van der Waals surface area contributed by atoms with Gasteiger partial charge in [0.2, 0.25) is 0 Å².